The molecular weight excluding hydrogens is 1130 g/mol. The van der Waals surface area contributed by atoms with Crippen molar-refractivity contribution in [3.05, 3.63) is 263 Å². The first-order chi connectivity index (χ1) is 45.7. The zero-order valence-corrected chi connectivity index (χ0v) is 56.2. The fourth-order valence-corrected chi connectivity index (χ4v) is 16.3. The average molecular weight is 1220 g/mol. The molecule has 2 nitrogen and oxygen atoms in total. The van der Waals surface area contributed by atoms with Gasteiger partial charge in [0.15, 0.2) is 0 Å². The molecule has 16 rings (SSSR count). The largest absolute Gasteiger partial charge is 0.340 e. The van der Waals surface area contributed by atoms with Gasteiger partial charge >= 0.3 is 0 Å². The van der Waals surface area contributed by atoms with Crippen LogP contribution in [0.1, 0.15) is 109 Å². The molecule has 462 valence electrons. The number of benzene rings is 12. The number of aromatic nitrogens is 2. The zero-order valence-electron chi connectivity index (χ0n) is 56.2. The van der Waals surface area contributed by atoms with Gasteiger partial charge in [-0.3, -0.25) is 0 Å². The summed E-state index contributed by atoms with van der Waals surface area (Å²) in [7, 11) is 0. The summed E-state index contributed by atoms with van der Waals surface area (Å²) in [5, 5.41) is 30.6. The van der Waals surface area contributed by atoms with Crippen molar-refractivity contribution in [3.8, 4) is 0 Å². The highest BCUT2D eigenvalue weighted by atomic mass is 15.0. The predicted octanol–water partition coefficient (Wildman–Crippen LogP) is 26.8. The summed E-state index contributed by atoms with van der Waals surface area (Å²) in [5.41, 5.74) is 15.5. The van der Waals surface area contributed by atoms with Gasteiger partial charge in [-0.15, -0.1) is 0 Å². The molecule has 14 aromatic carbocycles. The first kappa shape index (κ1) is 59.3. The summed E-state index contributed by atoms with van der Waals surface area (Å²) in [5.74, 6) is 0. The minimum Gasteiger partial charge on any atom is -0.340 e. The molecule has 0 fully saturated rings. The smallest absolute Gasteiger partial charge is 0.0491 e. The summed E-state index contributed by atoms with van der Waals surface area (Å²) in [6, 6.07) is 86.0. The van der Waals surface area contributed by atoms with Crippen molar-refractivity contribution in [2.45, 2.75) is 133 Å². The molecule has 0 atom stereocenters. The highest BCUT2D eigenvalue weighted by Crippen LogP contribution is 2.38. The van der Waals surface area contributed by atoms with Gasteiger partial charge in [-0.25, -0.2) is 0 Å². The minimum absolute atomic E-state index is 1.02. The summed E-state index contributed by atoms with van der Waals surface area (Å²) in [6.45, 7) is 20.0. The van der Waals surface area contributed by atoms with E-state index in [0.29, 0.717) is 0 Å². The molecule has 0 spiro atoms. The van der Waals surface area contributed by atoms with E-state index in [2.05, 4.69) is 283 Å². The van der Waals surface area contributed by atoms with Gasteiger partial charge in [0.05, 0.1) is 0 Å². The Morgan fingerprint density at radius 3 is 0.479 bits per heavy atom. The van der Waals surface area contributed by atoms with Crippen LogP contribution in [0.4, 0.5) is 0 Å². The molecule has 0 amide bonds. The van der Waals surface area contributed by atoms with Gasteiger partial charge in [0, 0.05) is 56.7 Å². The van der Waals surface area contributed by atoms with E-state index in [4.69, 9.17) is 0 Å². The minimum atomic E-state index is 1.02. The van der Waals surface area contributed by atoms with Crippen molar-refractivity contribution in [1.82, 2.24) is 9.13 Å². The molecule has 24 bridgehead atoms. The third kappa shape index (κ3) is 11.5. The molecule has 0 aliphatic heterocycles. The number of rotatable bonds is 13. The van der Waals surface area contributed by atoms with E-state index in [1.807, 2.05) is 0 Å². The fourth-order valence-electron chi connectivity index (χ4n) is 16.3. The Morgan fingerprint density at radius 2 is 0.309 bits per heavy atom. The van der Waals surface area contributed by atoms with Gasteiger partial charge in [-0.1, -0.05) is 173 Å². The summed E-state index contributed by atoms with van der Waals surface area (Å²) < 4.78 is 5.26. The molecule has 0 saturated heterocycles. The third-order valence-electron chi connectivity index (χ3n) is 20.7. The van der Waals surface area contributed by atoms with Crippen molar-refractivity contribution < 1.29 is 0 Å². The van der Waals surface area contributed by atoms with E-state index in [0.717, 1.165) is 13.1 Å². The first-order valence-electron chi connectivity index (χ1n) is 34.8. The predicted molar refractivity (Wildman–Crippen MR) is 413 cm³/mol. The molecule has 0 aliphatic rings. The molecule has 16 aromatic rings. The zero-order chi connectivity index (χ0) is 63.9. The second-order valence-electron chi connectivity index (χ2n) is 28.5. The molecule has 0 unspecified atom stereocenters. The van der Waals surface area contributed by atoms with Crippen molar-refractivity contribution in [1.29, 1.82) is 0 Å². The number of nitrogens with zero attached hydrogens (tertiary/aromatic N) is 2. The van der Waals surface area contributed by atoms with Crippen LogP contribution in [0, 0.1) is 55.4 Å². The molecule has 94 heavy (non-hydrogen) atoms. The molecule has 0 saturated carbocycles. The Balaban J connectivity index is 0.626. The van der Waals surface area contributed by atoms with Crippen molar-refractivity contribution >= 4 is 151 Å². The van der Waals surface area contributed by atoms with Gasteiger partial charge in [-0.2, -0.15) is 0 Å². The van der Waals surface area contributed by atoms with Crippen molar-refractivity contribution in [3.63, 3.8) is 0 Å². The van der Waals surface area contributed by atoms with Crippen LogP contribution < -0.4 is 0 Å². The Bertz CT molecular complexity index is 5250. The van der Waals surface area contributed by atoms with Crippen LogP contribution in [0.2, 0.25) is 0 Å². The normalized spacial score (nSPS) is 12.1. The van der Waals surface area contributed by atoms with Gasteiger partial charge < -0.3 is 9.13 Å². The lowest BCUT2D eigenvalue weighted by molar-refractivity contribution is 0.529. The Morgan fingerprint density at radius 1 is 0.160 bits per heavy atom. The highest BCUT2D eigenvalue weighted by molar-refractivity contribution is 6.16. The first-order valence-corrected chi connectivity index (χ1v) is 34.8. The second kappa shape index (κ2) is 24.3. The lowest BCUT2D eigenvalue weighted by Crippen LogP contribution is -1.98. The lowest BCUT2D eigenvalue weighted by Gasteiger charge is -2.09. The number of unbranched alkanes of at least 4 members (excludes halogenated alkanes) is 9. The van der Waals surface area contributed by atoms with Crippen LogP contribution in [-0.4, -0.2) is 9.13 Å². The number of fused-ring (bicyclic) bond motifs is 30. The monoisotopic (exact) mass is 1220 g/mol. The second-order valence-corrected chi connectivity index (χ2v) is 28.5. The Kier molecular flexibility index (Phi) is 15.3. The number of aryl methyl sites for hydroxylation is 10. The Hall–Kier alpha value is -9.76. The molecule has 2 aromatic heterocycles. The quantitative estimate of drug-likeness (QED) is 0.102. The maximum atomic E-state index is 2.63. The van der Waals surface area contributed by atoms with Crippen LogP contribution >= 0.6 is 0 Å². The molecule has 0 N–H and O–H groups in total. The number of hydrogen-bond donors (Lipinski definition) is 0. The van der Waals surface area contributed by atoms with E-state index < -0.39 is 0 Å². The van der Waals surface area contributed by atoms with Crippen LogP contribution in [0.25, 0.3) is 151 Å². The summed E-state index contributed by atoms with van der Waals surface area (Å²) in [4.78, 5) is 0. The van der Waals surface area contributed by atoms with E-state index in [-0.39, 0.29) is 0 Å². The van der Waals surface area contributed by atoms with Crippen molar-refractivity contribution in [2.75, 3.05) is 0 Å². The molecule has 2 heterocycles. The summed E-state index contributed by atoms with van der Waals surface area (Å²) in [6.07, 6.45) is 12.7. The topological polar surface area (TPSA) is 9.86 Å². The summed E-state index contributed by atoms with van der Waals surface area (Å²) >= 11 is 0. The fraction of sp³-hybridized carbons (Fsp3) is 0.217. The Labute approximate surface area is 552 Å². The molecule has 0 aliphatic carbocycles. The maximum absolute atomic E-state index is 2.63. The SMILES string of the molecule is Cc1cc2cc(c1)c1cc(C)cc(c1)c1ccc3c(c1)c1cc(ccc1n3CCCCCCCCCCCCn1c3ccc4cc3c3cc(ccc31)c1cc(C)cc(c1)c1cc(C)cc(c1)c1cc(C)cc(c1)c1cc(C)cc4c1)c1cc(C)cc(c1)c1cc(C)cc2c1. The van der Waals surface area contributed by atoms with E-state index >= 15 is 0 Å². The lowest BCUT2D eigenvalue weighted by atomic mass is 9.99. The molecular formula is C92H84N2. The molecule has 2 heteroatoms. The third-order valence-corrected chi connectivity index (χ3v) is 20.7. The van der Waals surface area contributed by atoms with E-state index in [9.17, 15) is 0 Å². The van der Waals surface area contributed by atoms with E-state index in [1.165, 1.54) is 260 Å². The average Bonchev–Trinajstić information content (AvgIpc) is 1.69. The van der Waals surface area contributed by atoms with Gasteiger partial charge in [0.1, 0.15) is 0 Å². The van der Waals surface area contributed by atoms with Crippen LogP contribution in [-0.2, 0) is 13.1 Å². The van der Waals surface area contributed by atoms with Crippen molar-refractivity contribution in [2.24, 2.45) is 0 Å². The van der Waals surface area contributed by atoms with Crippen LogP contribution in [0.3, 0.4) is 0 Å². The van der Waals surface area contributed by atoms with Gasteiger partial charge in [0.25, 0.3) is 0 Å². The van der Waals surface area contributed by atoms with Crippen LogP contribution in [0.15, 0.2) is 218 Å². The van der Waals surface area contributed by atoms with E-state index in [1.54, 1.807) is 0 Å². The van der Waals surface area contributed by atoms with Gasteiger partial charge in [0.2, 0.25) is 0 Å². The van der Waals surface area contributed by atoms with Crippen LogP contribution in [0.5, 0.6) is 0 Å². The highest BCUT2D eigenvalue weighted by Gasteiger charge is 2.16. The maximum Gasteiger partial charge on any atom is 0.0491 e. The molecule has 0 radical (unpaired) electrons. The van der Waals surface area contributed by atoms with Gasteiger partial charge in [-0.05, 0) is 318 Å². The number of hydrogen-bond acceptors (Lipinski definition) is 0. The standard InChI is InChI=1S/C92H84N2/c1-57-29-69-45-73(33-57)77-37-61(5)41-81(49-77)82-42-62(6)38-78(50-82)74-34-58(2)30-70(46-74)66-20-24-90-86(54-66)85-53-65(69)19-23-89(85)93(90)27-17-15-13-11-9-10-12-14-16-18-28-94-91-25-21-67-55-87(91)88-56-68(22-26-92(88)94)72-32-60(4)36-76(48-72)80-40-64(8)44-84(52-80)83-43-63(7)39-79(51-83)75-35-59(3)31-71(67)47-75/h19-26,29-56H,9-18,27-28H2,1-8H3.